The SMILES string of the molecule is COC(=O)CC1CNCCC1(F)F. The standard InChI is InChI=1S/C8H13F2NO2/c1-13-7(12)4-6-5-11-3-2-8(6,9)10/h6,11H,2-5H2,1H3. The summed E-state index contributed by atoms with van der Waals surface area (Å²) >= 11 is 0. The molecule has 1 saturated heterocycles. The molecule has 0 aliphatic carbocycles. The Morgan fingerprint density at radius 3 is 2.92 bits per heavy atom. The van der Waals surface area contributed by atoms with E-state index in [0.29, 0.717) is 6.54 Å². The summed E-state index contributed by atoms with van der Waals surface area (Å²) in [5.74, 6) is -4.23. The van der Waals surface area contributed by atoms with Gasteiger partial charge in [0.05, 0.1) is 13.5 Å². The van der Waals surface area contributed by atoms with Gasteiger partial charge >= 0.3 is 5.97 Å². The zero-order valence-electron chi connectivity index (χ0n) is 7.48. The third kappa shape index (κ3) is 2.62. The van der Waals surface area contributed by atoms with Crippen LogP contribution in [0.1, 0.15) is 12.8 Å². The number of carbonyl (C=O) groups is 1. The van der Waals surface area contributed by atoms with Gasteiger partial charge in [0, 0.05) is 25.4 Å². The van der Waals surface area contributed by atoms with Crippen molar-refractivity contribution in [2.45, 2.75) is 18.8 Å². The van der Waals surface area contributed by atoms with Gasteiger partial charge in [0.25, 0.3) is 5.92 Å². The van der Waals surface area contributed by atoms with Crippen molar-refractivity contribution in [2.75, 3.05) is 20.2 Å². The average Bonchev–Trinajstić information content (AvgIpc) is 2.08. The Hall–Kier alpha value is -0.710. The molecule has 5 heteroatoms. The highest BCUT2D eigenvalue weighted by Gasteiger charge is 2.42. The van der Waals surface area contributed by atoms with Crippen molar-refractivity contribution < 1.29 is 18.3 Å². The summed E-state index contributed by atoms with van der Waals surface area (Å²) in [6.07, 6.45) is -0.412. The van der Waals surface area contributed by atoms with Gasteiger partial charge in [-0.15, -0.1) is 0 Å². The summed E-state index contributed by atoms with van der Waals surface area (Å²) in [6, 6.07) is 0. The van der Waals surface area contributed by atoms with Gasteiger partial charge in [-0.1, -0.05) is 0 Å². The van der Waals surface area contributed by atoms with Gasteiger partial charge in [-0.25, -0.2) is 8.78 Å². The Bertz CT molecular complexity index is 197. The molecule has 0 spiro atoms. The zero-order chi connectivity index (χ0) is 9.90. The third-order valence-electron chi connectivity index (χ3n) is 2.26. The van der Waals surface area contributed by atoms with Crippen molar-refractivity contribution >= 4 is 5.97 Å². The number of alkyl halides is 2. The van der Waals surface area contributed by atoms with Crippen LogP contribution in [0.5, 0.6) is 0 Å². The predicted molar refractivity (Wildman–Crippen MR) is 42.6 cm³/mol. The van der Waals surface area contributed by atoms with Gasteiger partial charge in [-0.3, -0.25) is 4.79 Å². The lowest BCUT2D eigenvalue weighted by molar-refractivity contribution is -0.148. The van der Waals surface area contributed by atoms with E-state index in [2.05, 4.69) is 10.1 Å². The summed E-state index contributed by atoms with van der Waals surface area (Å²) in [6.45, 7) is 0.493. The van der Waals surface area contributed by atoms with Crippen molar-refractivity contribution in [3.63, 3.8) is 0 Å². The number of halogens is 2. The highest BCUT2D eigenvalue weighted by atomic mass is 19.3. The van der Waals surface area contributed by atoms with Gasteiger partial charge in [0.2, 0.25) is 0 Å². The second-order valence-corrected chi connectivity index (χ2v) is 3.19. The molecule has 1 aliphatic heterocycles. The van der Waals surface area contributed by atoms with Crippen molar-refractivity contribution in [1.82, 2.24) is 5.32 Å². The molecule has 0 radical (unpaired) electrons. The molecule has 0 saturated carbocycles. The first kappa shape index (κ1) is 10.4. The number of hydrogen-bond acceptors (Lipinski definition) is 3. The molecule has 3 nitrogen and oxygen atoms in total. The third-order valence-corrected chi connectivity index (χ3v) is 2.26. The zero-order valence-corrected chi connectivity index (χ0v) is 7.48. The summed E-state index contributed by atoms with van der Waals surface area (Å²) in [7, 11) is 1.21. The Morgan fingerprint density at radius 2 is 2.38 bits per heavy atom. The van der Waals surface area contributed by atoms with E-state index in [1.54, 1.807) is 0 Å². The minimum Gasteiger partial charge on any atom is -0.469 e. The Balaban J connectivity index is 2.51. The van der Waals surface area contributed by atoms with E-state index in [0.717, 1.165) is 0 Å². The molecule has 1 fully saturated rings. The van der Waals surface area contributed by atoms with Crippen LogP contribution in [0, 0.1) is 5.92 Å². The topological polar surface area (TPSA) is 38.3 Å². The van der Waals surface area contributed by atoms with E-state index in [9.17, 15) is 13.6 Å². The van der Waals surface area contributed by atoms with Gasteiger partial charge in [0.15, 0.2) is 0 Å². The molecule has 76 valence electrons. The Labute approximate surface area is 75.4 Å². The lowest BCUT2D eigenvalue weighted by Gasteiger charge is -2.30. The molecule has 0 amide bonds. The van der Waals surface area contributed by atoms with E-state index < -0.39 is 17.8 Å². The van der Waals surface area contributed by atoms with E-state index in [4.69, 9.17) is 0 Å². The maximum absolute atomic E-state index is 13.1. The molecule has 0 aromatic rings. The smallest absolute Gasteiger partial charge is 0.306 e. The first-order valence-electron chi connectivity index (χ1n) is 4.21. The number of esters is 1. The van der Waals surface area contributed by atoms with Crippen LogP contribution >= 0.6 is 0 Å². The molecular formula is C8H13F2NO2. The maximum Gasteiger partial charge on any atom is 0.306 e. The molecule has 1 rings (SSSR count). The second kappa shape index (κ2) is 4.00. The van der Waals surface area contributed by atoms with Crippen LogP contribution in [0.2, 0.25) is 0 Å². The highest BCUT2D eigenvalue weighted by Crippen LogP contribution is 2.32. The maximum atomic E-state index is 13.1. The Kier molecular flexibility index (Phi) is 3.19. The molecule has 0 aromatic heterocycles. The van der Waals surface area contributed by atoms with Crippen LogP contribution in [-0.4, -0.2) is 32.1 Å². The van der Waals surface area contributed by atoms with E-state index >= 15 is 0 Å². The monoisotopic (exact) mass is 193 g/mol. The van der Waals surface area contributed by atoms with Crippen LogP contribution < -0.4 is 5.32 Å². The lowest BCUT2D eigenvalue weighted by atomic mass is 9.92. The van der Waals surface area contributed by atoms with Gasteiger partial charge in [-0.2, -0.15) is 0 Å². The molecule has 1 N–H and O–H groups in total. The first-order chi connectivity index (χ1) is 6.06. The summed E-state index contributed by atoms with van der Waals surface area (Å²) < 4.78 is 30.6. The molecule has 13 heavy (non-hydrogen) atoms. The van der Waals surface area contributed by atoms with Gasteiger partial charge in [-0.05, 0) is 0 Å². The summed E-state index contributed by atoms with van der Waals surface area (Å²) in [5, 5.41) is 2.83. The highest BCUT2D eigenvalue weighted by molar-refractivity contribution is 5.69. The first-order valence-corrected chi connectivity index (χ1v) is 4.21. The fourth-order valence-corrected chi connectivity index (χ4v) is 1.39. The minimum atomic E-state index is -2.74. The second-order valence-electron chi connectivity index (χ2n) is 3.19. The fraction of sp³-hybridized carbons (Fsp3) is 0.875. The Morgan fingerprint density at radius 1 is 1.69 bits per heavy atom. The normalized spacial score (nSPS) is 26.8. The number of methoxy groups -OCH3 is 1. The van der Waals surface area contributed by atoms with Crippen LogP contribution in [0.15, 0.2) is 0 Å². The van der Waals surface area contributed by atoms with Crippen molar-refractivity contribution in [1.29, 1.82) is 0 Å². The van der Waals surface area contributed by atoms with Crippen molar-refractivity contribution in [3.8, 4) is 0 Å². The van der Waals surface area contributed by atoms with Crippen LogP contribution in [-0.2, 0) is 9.53 Å². The molecule has 0 bridgehead atoms. The fourth-order valence-electron chi connectivity index (χ4n) is 1.39. The summed E-state index contributed by atoms with van der Waals surface area (Å²) in [4.78, 5) is 10.8. The molecule has 1 aliphatic rings. The molecule has 1 unspecified atom stereocenters. The van der Waals surface area contributed by atoms with Crippen molar-refractivity contribution in [3.05, 3.63) is 0 Å². The average molecular weight is 193 g/mol. The van der Waals surface area contributed by atoms with Crippen LogP contribution in [0.4, 0.5) is 8.78 Å². The van der Waals surface area contributed by atoms with Crippen LogP contribution in [0.3, 0.4) is 0 Å². The number of rotatable bonds is 2. The quantitative estimate of drug-likeness (QED) is 0.659. The van der Waals surface area contributed by atoms with E-state index in [1.165, 1.54) is 7.11 Å². The molecular weight excluding hydrogens is 180 g/mol. The molecule has 1 heterocycles. The van der Waals surface area contributed by atoms with E-state index in [-0.39, 0.29) is 19.4 Å². The lowest BCUT2D eigenvalue weighted by Crippen LogP contribution is -2.45. The number of nitrogens with one attached hydrogen (secondary N) is 1. The molecule has 1 atom stereocenters. The number of piperidine rings is 1. The largest absolute Gasteiger partial charge is 0.469 e. The van der Waals surface area contributed by atoms with Gasteiger partial charge in [0.1, 0.15) is 0 Å². The predicted octanol–water partition coefficient (Wildman–Crippen LogP) is 0.794. The minimum absolute atomic E-state index is 0.183. The molecule has 0 aromatic carbocycles. The van der Waals surface area contributed by atoms with Crippen LogP contribution in [0.25, 0.3) is 0 Å². The number of ether oxygens (including phenoxy) is 1. The van der Waals surface area contributed by atoms with Crippen molar-refractivity contribution in [2.24, 2.45) is 5.92 Å². The number of carbonyl (C=O) groups excluding carboxylic acids is 1. The van der Waals surface area contributed by atoms with E-state index in [1.807, 2.05) is 0 Å². The van der Waals surface area contributed by atoms with Gasteiger partial charge < -0.3 is 10.1 Å². The number of hydrogen-bond donors (Lipinski definition) is 1. The summed E-state index contributed by atoms with van der Waals surface area (Å²) in [5.41, 5.74) is 0.